The maximum Gasteiger partial charge on any atom is 0.0723 e. The van der Waals surface area contributed by atoms with Crippen molar-refractivity contribution in [3.8, 4) is 0 Å². The van der Waals surface area contributed by atoms with E-state index in [1.807, 2.05) is 11.8 Å². The van der Waals surface area contributed by atoms with Crippen molar-refractivity contribution >= 4 is 11.8 Å². The van der Waals surface area contributed by atoms with Gasteiger partial charge in [0.05, 0.1) is 11.7 Å². The molecule has 1 aliphatic rings. The second-order valence-electron chi connectivity index (χ2n) is 5.04. The third kappa shape index (κ3) is 4.03. The van der Waals surface area contributed by atoms with Gasteiger partial charge in [0.25, 0.3) is 0 Å². The zero-order chi connectivity index (χ0) is 12.1. The topological polar surface area (TPSA) is 43.8 Å². The number of thioether (sulfide) groups is 1. The van der Waals surface area contributed by atoms with E-state index >= 15 is 0 Å². The largest absolute Gasteiger partial charge is 0.328 e. The first-order chi connectivity index (χ1) is 8.25. The number of nitrogens with two attached hydrogens (primary N) is 1. The Kier molecular flexibility index (Phi) is 4.92. The van der Waals surface area contributed by atoms with E-state index in [1.165, 1.54) is 31.4 Å². The summed E-state index contributed by atoms with van der Waals surface area (Å²) in [4.78, 5) is 0. The van der Waals surface area contributed by atoms with E-state index in [0.717, 1.165) is 17.9 Å². The molecule has 0 radical (unpaired) electrons. The molecule has 0 spiro atoms. The fourth-order valence-corrected chi connectivity index (χ4v) is 3.32. The smallest absolute Gasteiger partial charge is 0.0723 e. The molecule has 4 heteroatoms. The minimum atomic E-state index is 0.318. The molecule has 96 valence electrons. The Labute approximate surface area is 108 Å². The normalized spacial score (nSPS) is 18.7. The Morgan fingerprint density at radius 3 is 3.00 bits per heavy atom. The number of nitrogens with zero attached hydrogens (tertiary/aromatic N) is 2. The summed E-state index contributed by atoms with van der Waals surface area (Å²) in [6.07, 6.45) is 8.58. The van der Waals surface area contributed by atoms with Crippen LogP contribution in [0.1, 0.15) is 50.8 Å². The minimum absolute atomic E-state index is 0.318. The van der Waals surface area contributed by atoms with Gasteiger partial charge in [0.2, 0.25) is 0 Å². The van der Waals surface area contributed by atoms with Gasteiger partial charge in [-0.15, -0.1) is 0 Å². The molecular formula is C13H23N3S. The average molecular weight is 253 g/mol. The van der Waals surface area contributed by atoms with Crippen LogP contribution >= 0.6 is 11.8 Å². The van der Waals surface area contributed by atoms with Gasteiger partial charge in [-0.1, -0.05) is 12.8 Å². The van der Waals surface area contributed by atoms with Crippen LogP contribution in [0, 0.1) is 0 Å². The van der Waals surface area contributed by atoms with Crippen LogP contribution in [0.3, 0.4) is 0 Å². The van der Waals surface area contributed by atoms with Gasteiger partial charge in [-0.2, -0.15) is 16.9 Å². The van der Waals surface area contributed by atoms with Gasteiger partial charge in [0, 0.05) is 18.0 Å². The first kappa shape index (κ1) is 13.0. The standard InChI is InChI=1S/C13H23N3S/c1-11(14)7-9-17-10-12-6-8-16(15-12)13-4-2-3-5-13/h6,8,11,13H,2-5,7,9-10,14H2,1H3. The van der Waals surface area contributed by atoms with E-state index in [2.05, 4.69) is 29.0 Å². The zero-order valence-corrected chi connectivity index (χ0v) is 11.5. The molecule has 1 aliphatic carbocycles. The van der Waals surface area contributed by atoms with Crippen molar-refractivity contribution in [1.29, 1.82) is 0 Å². The van der Waals surface area contributed by atoms with Crippen LogP contribution in [0.25, 0.3) is 0 Å². The highest BCUT2D eigenvalue weighted by molar-refractivity contribution is 7.98. The Balaban J connectivity index is 1.74. The Morgan fingerprint density at radius 1 is 1.53 bits per heavy atom. The van der Waals surface area contributed by atoms with Crippen molar-refractivity contribution in [3.63, 3.8) is 0 Å². The van der Waals surface area contributed by atoms with E-state index < -0.39 is 0 Å². The van der Waals surface area contributed by atoms with Crippen molar-refractivity contribution < 1.29 is 0 Å². The molecule has 17 heavy (non-hydrogen) atoms. The number of hydrogen-bond acceptors (Lipinski definition) is 3. The second-order valence-corrected chi connectivity index (χ2v) is 6.15. The molecule has 0 aromatic carbocycles. The monoisotopic (exact) mass is 253 g/mol. The lowest BCUT2D eigenvalue weighted by atomic mass is 10.3. The van der Waals surface area contributed by atoms with Crippen LogP contribution in [0.4, 0.5) is 0 Å². The molecule has 1 aromatic rings. The molecule has 1 fully saturated rings. The van der Waals surface area contributed by atoms with Gasteiger partial charge in [0.15, 0.2) is 0 Å². The third-order valence-corrected chi connectivity index (χ3v) is 4.35. The van der Waals surface area contributed by atoms with Crippen LogP contribution in [0.5, 0.6) is 0 Å². The van der Waals surface area contributed by atoms with Crippen LogP contribution in [0.2, 0.25) is 0 Å². The molecule has 2 rings (SSSR count). The van der Waals surface area contributed by atoms with Crippen molar-refractivity contribution in [2.75, 3.05) is 5.75 Å². The fraction of sp³-hybridized carbons (Fsp3) is 0.769. The summed E-state index contributed by atoms with van der Waals surface area (Å²) in [7, 11) is 0. The van der Waals surface area contributed by atoms with Crippen LogP contribution in [-0.4, -0.2) is 21.6 Å². The molecule has 1 aromatic heterocycles. The summed E-state index contributed by atoms with van der Waals surface area (Å²) in [6.45, 7) is 2.06. The Bertz CT molecular complexity index is 329. The first-order valence-corrected chi connectivity index (χ1v) is 7.78. The maximum absolute atomic E-state index is 5.73. The van der Waals surface area contributed by atoms with Gasteiger partial charge in [-0.25, -0.2) is 0 Å². The number of hydrogen-bond donors (Lipinski definition) is 1. The van der Waals surface area contributed by atoms with Gasteiger partial charge >= 0.3 is 0 Å². The van der Waals surface area contributed by atoms with Crippen LogP contribution in [0.15, 0.2) is 12.3 Å². The lowest BCUT2D eigenvalue weighted by Crippen LogP contribution is -2.15. The summed E-state index contributed by atoms with van der Waals surface area (Å²) >= 11 is 1.93. The lowest BCUT2D eigenvalue weighted by Gasteiger charge is -2.08. The predicted molar refractivity (Wildman–Crippen MR) is 74.2 cm³/mol. The molecule has 3 nitrogen and oxygen atoms in total. The highest BCUT2D eigenvalue weighted by atomic mass is 32.2. The van der Waals surface area contributed by atoms with Crippen molar-refractivity contribution in [1.82, 2.24) is 9.78 Å². The SMILES string of the molecule is CC(N)CCSCc1ccn(C2CCCC2)n1. The Morgan fingerprint density at radius 2 is 2.29 bits per heavy atom. The molecule has 0 bridgehead atoms. The van der Waals surface area contributed by atoms with Gasteiger partial charge in [-0.3, -0.25) is 4.68 Å². The molecule has 1 saturated carbocycles. The summed E-state index contributed by atoms with van der Waals surface area (Å²) in [5, 5.41) is 4.67. The van der Waals surface area contributed by atoms with E-state index in [9.17, 15) is 0 Å². The van der Waals surface area contributed by atoms with Gasteiger partial charge in [-0.05, 0) is 38.0 Å². The van der Waals surface area contributed by atoms with Crippen LogP contribution in [-0.2, 0) is 5.75 Å². The maximum atomic E-state index is 5.73. The lowest BCUT2D eigenvalue weighted by molar-refractivity contribution is 0.464. The number of rotatable bonds is 6. The molecular weight excluding hydrogens is 230 g/mol. The summed E-state index contributed by atoms with van der Waals surface area (Å²) < 4.78 is 2.18. The summed E-state index contributed by atoms with van der Waals surface area (Å²) in [5.41, 5.74) is 6.94. The zero-order valence-electron chi connectivity index (χ0n) is 10.6. The van der Waals surface area contributed by atoms with Crippen molar-refractivity contribution in [3.05, 3.63) is 18.0 Å². The van der Waals surface area contributed by atoms with Crippen molar-refractivity contribution in [2.45, 2.75) is 56.9 Å². The first-order valence-electron chi connectivity index (χ1n) is 6.63. The molecule has 1 unspecified atom stereocenters. The summed E-state index contributed by atoms with van der Waals surface area (Å²) in [5.74, 6) is 2.15. The van der Waals surface area contributed by atoms with E-state index in [1.54, 1.807) is 0 Å². The highest BCUT2D eigenvalue weighted by Crippen LogP contribution is 2.29. The minimum Gasteiger partial charge on any atom is -0.328 e. The second kappa shape index (κ2) is 6.45. The van der Waals surface area contributed by atoms with Gasteiger partial charge < -0.3 is 5.73 Å². The molecule has 2 N–H and O–H groups in total. The molecule has 1 heterocycles. The molecule has 1 atom stereocenters. The third-order valence-electron chi connectivity index (χ3n) is 3.33. The molecule has 0 amide bonds. The van der Waals surface area contributed by atoms with Gasteiger partial charge in [0.1, 0.15) is 0 Å². The number of aromatic nitrogens is 2. The molecule has 0 saturated heterocycles. The molecule has 0 aliphatic heterocycles. The quantitative estimate of drug-likeness (QED) is 0.793. The fourth-order valence-electron chi connectivity index (χ4n) is 2.27. The Hall–Kier alpha value is -0.480. The van der Waals surface area contributed by atoms with Crippen molar-refractivity contribution in [2.24, 2.45) is 5.73 Å². The van der Waals surface area contributed by atoms with E-state index in [4.69, 9.17) is 5.73 Å². The average Bonchev–Trinajstić information content (AvgIpc) is 2.94. The highest BCUT2D eigenvalue weighted by Gasteiger charge is 2.17. The van der Waals surface area contributed by atoms with E-state index in [-0.39, 0.29) is 0 Å². The van der Waals surface area contributed by atoms with E-state index in [0.29, 0.717) is 12.1 Å². The van der Waals surface area contributed by atoms with Crippen LogP contribution < -0.4 is 5.73 Å². The predicted octanol–water partition coefficient (Wildman–Crippen LogP) is 2.97. The summed E-state index contributed by atoms with van der Waals surface area (Å²) in [6, 6.07) is 3.15.